The lowest BCUT2D eigenvalue weighted by molar-refractivity contribution is -0.130. The molecule has 0 spiro atoms. The summed E-state index contributed by atoms with van der Waals surface area (Å²) >= 11 is 1.82. The first-order valence-electron chi connectivity index (χ1n) is 4.61. The van der Waals surface area contributed by atoms with E-state index in [9.17, 15) is 4.79 Å². The van der Waals surface area contributed by atoms with Crippen molar-refractivity contribution in [3.8, 4) is 0 Å². The summed E-state index contributed by atoms with van der Waals surface area (Å²) in [6.45, 7) is 2.00. The Bertz CT molecular complexity index is 143. The molecule has 0 aromatic heterocycles. The highest BCUT2D eigenvalue weighted by molar-refractivity contribution is 7.98. The van der Waals surface area contributed by atoms with Gasteiger partial charge >= 0.3 is 0 Å². The van der Waals surface area contributed by atoms with Gasteiger partial charge in [-0.1, -0.05) is 0 Å². The molecule has 0 aromatic carbocycles. The third kappa shape index (κ3) is 3.05. The number of amides is 1. The van der Waals surface area contributed by atoms with E-state index in [-0.39, 0.29) is 0 Å². The predicted molar refractivity (Wildman–Crippen MR) is 53.4 cm³/mol. The van der Waals surface area contributed by atoms with Crippen LogP contribution in [0.2, 0.25) is 0 Å². The van der Waals surface area contributed by atoms with Crippen molar-refractivity contribution in [3.05, 3.63) is 0 Å². The molecule has 1 aliphatic heterocycles. The van der Waals surface area contributed by atoms with Gasteiger partial charge in [0.25, 0.3) is 0 Å². The number of nitrogens with zero attached hydrogens (tertiary/aromatic N) is 1. The lowest BCUT2D eigenvalue weighted by atomic mass is 10.3. The van der Waals surface area contributed by atoms with Gasteiger partial charge in [-0.15, -0.1) is 0 Å². The van der Waals surface area contributed by atoms with E-state index in [2.05, 4.69) is 6.26 Å². The molecule has 0 bridgehead atoms. The van der Waals surface area contributed by atoms with E-state index in [1.54, 1.807) is 0 Å². The largest absolute Gasteiger partial charge is 0.343 e. The second-order valence-corrected chi connectivity index (χ2v) is 4.17. The maximum atomic E-state index is 11.4. The van der Waals surface area contributed by atoms with Crippen molar-refractivity contribution in [1.29, 1.82) is 0 Å². The molecular weight excluding hydrogens is 170 g/mol. The normalized spacial score (nSPS) is 16.9. The second kappa shape index (κ2) is 5.46. The molecule has 1 amide bonds. The molecule has 0 N–H and O–H groups in total. The van der Waals surface area contributed by atoms with Crippen molar-refractivity contribution in [1.82, 2.24) is 4.90 Å². The average molecular weight is 187 g/mol. The van der Waals surface area contributed by atoms with E-state index >= 15 is 0 Å². The standard InChI is InChI=1S/C9H17NOS/c1-12-8-4-5-9(11)10-6-2-3-7-10/h2-8H2,1H3. The maximum absolute atomic E-state index is 11.4. The van der Waals surface area contributed by atoms with Crippen molar-refractivity contribution in [3.63, 3.8) is 0 Å². The van der Waals surface area contributed by atoms with E-state index in [0.717, 1.165) is 31.7 Å². The van der Waals surface area contributed by atoms with E-state index in [1.165, 1.54) is 12.8 Å². The first kappa shape index (κ1) is 9.90. The molecule has 0 unspecified atom stereocenters. The summed E-state index contributed by atoms with van der Waals surface area (Å²) in [5.74, 6) is 1.47. The fourth-order valence-electron chi connectivity index (χ4n) is 1.49. The van der Waals surface area contributed by atoms with Gasteiger partial charge < -0.3 is 4.90 Å². The van der Waals surface area contributed by atoms with Crippen LogP contribution in [0.1, 0.15) is 25.7 Å². The third-order valence-corrected chi connectivity index (χ3v) is 2.89. The van der Waals surface area contributed by atoms with Gasteiger partial charge in [-0.05, 0) is 31.3 Å². The molecule has 3 heteroatoms. The van der Waals surface area contributed by atoms with Gasteiger partial charge in [0.2, 0.25) is 5.91 Å². The molecule has 1 rings (SSSR count). The molecule has 1 saturated heterocycles. The Kier molecular flexibility index (Phi) is 4.51. The van der Waals surface area contributed by atoms with Crippen LogP contribution in [0, 0.1) is 0 Å². The molecule has 1 aliphatic rings. The number of rotatable bonds is 4. The molecule has 2 nitrogen and oxygen atoms in total. The Morgan fingerprint density at radius 1 is 1.42 bits per heavy atom. The summed E-state index contributed by atoms with van der Waals surface area (Å²) < 4.78 is 0. The number of carbonyl (C=O) groups is 1. The average Bonchev–Trinajstić information content (AvgIpc) is 2.56. The molecule has 1 heterocycles. The number of thioether (sulfide) groups is 1. The zero-order valence-electron chi connectivity index (χ0n) is 7.71. The molecule has 12 heavy (non-hydrogen) atoms. The van der Waals surface area contributed by atoms with Gasteiger partial charge in [0.1, 0.15) is 0 Å². The van der Waals surface area contributed by atoms with Crippen LogP contribution < -0.4 is 0 Å². The third-order valence-electron chi connectivity index (χ3n) is 2.20. The van der Waals surface area contributed by atoms with Crippen LogP contribution in [0.4, 0.5) is 0 Å². The number of hydrogen-bond donors (Lipinski definition) is 0. The van der Waals surface area contributed by atoms with Gasteiger partial charge in [-0.25, -0.2) is 0 Å². The van der Waals surface area contributed by atoms with Crippen molar-refractivity contribution in [2.24, 2.45) is 0 Å². The molecule has 0 saturated carbocycles. The van der Waals surface area contributed by atoms with Crippen LogP contribution >= 0.6 is 11.8 Å². The van der Waals surface area contributed by atoms with Gasteiger partial charge in [0, 0.05) is 19.5 Å². The summed E-state index contributed by atoms with van der Waals surface area (Å²) in [6.07, 6.45) is 6.28. The topological polar surface area (TPSA) is 20.3 Å². The Labute approximate surface area is 78.7 Å². The first-order valence-corrected chi connectivity index (χ1v) is 6.00. The highest BCUT2D eigenvalue weighted by Gasteiger charge is 2.16. The zero-order chi connectivity index (χ0) is 8.81. The van der Waals surface area contributed by atoms with Gasteiger partial charge in [-0.2, -0.15) is 11.8 Å². The summed E-state index contributed by atoms with van der Waals surface area (Å²) in [5, 5.41) is 0. The minimum Gasteiger partial charge on any atom is -0.343 e. The minimum atomic E-state index is 0.363. The van der Waals surface area contributed by atoms with Crippen molar-refractivity contribution < 1.29 is 4.79 Å². The Morgan fingerprint density at radius 3 is 2.67 bits per heavy atom. The highest BCUT2D eigenvalue weighted by atomic mass is 32.2. The Morgan fingerprint density at radius 2 is 2.08 bits per heavy atom. The second-order valence-electron chi connectivity index (χ2n) is 3.18. The van der Waals surface area contributed by atoms with E-state index in [0.29, 0.717) is 5.91 Å². The number of hydrogen-bond acceptors (Lipinski definition) is 2. The molecule has 0 atom stereocenters. The summed E-state index contributed by atoms with van der Waals surface area (Å²) in [5.41, 5.74) is 0. The van der Waals surface area contributed by atoms with Crippen LogP contribution in [0.5, 0.6) is 0 Å². The van der Waals surface area contributed by atoms with Gasteiger partial charge in [-0.3, -0.25) is 4.79 Å². The highest BCUT2D eigenvalue weighted by Crippen LogP contribution is 2.10. The van der Waals surface area contributed by atoms with Crippen molar-refractivity contribution >= 4 is 17.7 Å². The Hall–Kier alpha value is -0.180. The molecule has 70 valence electrons. The van der Waals surface area contributed by atoms with Gasteiger partial charge in [0.05, 0.1) is 0 Å². The maximum Gasteiger partial charge on any atom is 0.222 e. The van der Waals surface area contributed by atoms with E-state index in [4.69, 9.17) is 0 Å². The summed E-state index contributed by atoms with van der Waals surface area (Å²) in [7, 11) is 0. The molecule has 1 fully saturated rings. The minimum absolute atomic E-state index is 0.363. The van der Waals surface area contributed by atoms with Crippen molar-refractivity contribution in [2.45, 2.75) is 25.7 Å². The molecule has 0 radical (unpaired) electrons. The molecule has 0 aliphatic carbocycles. The quantitative estimate of drug-likeness (QED) is 0.625. The van der Waals surface area contributed by atoms with E-state index in [1.807, 2.05) is 16.7 Å². The lowest BCUT2D eigenvalue weighted by Gasteiger charge is -2.14. The monoisotopic (exact) mass is 187 g/mol. The smallest absolute Gasteiger partial charge is 0.222 e. The van der Waals surface area contributed by atoms with Gasteiger partial charge in [0.15, 0.2) is 0 Å². The number of carbonyl (C=O) groups excluding carboxylic acids is 1. The van der Waals surface area contributed by atoms with Crippen LogP contribution in [0.15, 0.2) is 0 Å². The van der Waals surface area contributed by atoms with Crippen LogP contribution in [0.3, 0.4) is 0 Å². The van der Waals surface area contributed by atoms with E-state index < -0.39 is 0 Å². The molecule has 0 aromatic rings. The summed E-state index contributed by atoms with van der Waals surface area (Å²) in [6, 6.07) is 0. The van der Waals surface area contributed by atoms with Crippen molar-refractivity contribution in [2.75, 3.05) is 25.1 Å². The first-order chi connectivity index (χ1) is 5.84. The summed E-state index contributed by atoms with van der Waals surface area (Å²) in [4.78, 5) is 13.4. The fourth-order valence-corrected chi connectivity index (χ4v) is 1.93. The van der Waals surface area contributed by atoms with Crippen LogP contribution in [0.25, 0.3) is 0 Å². The SMILES string of the molecule is CSCCCC(=O)N1CCCC1. The fraction of sp³-hybridized carbons (Fsp3) is 0.889. The van der Waals surface area contributed by atoms with Crippen LogP contribution in [-0.2, 0) is 4.79 Å². The van der Waals surface area contributed by atoms with Crippen LogP contribution in [-0.4, -0.2) is 35.9 Å². The lowest BCUT2D eigenvalue weighted by Crippen LogP contribution is -2.27. The zero-order valence-corrected chi connectivity index (χ0v) is 8.53. The number of likely N-dealkylation sites (tertiary alicyclic amines) is 1. The molecular formula is C9H17NOS. The predicted octanol–water partition coefficient (Wildman–Crippen LogP) is 1.75. The Balaban J connectivity index is 2.10.